The first-order valence-corrected chi connectivity index (χ1v) is 7.63. The summed E-state index contributed by atoms with van der Waals surface area (Å²) < 4.78 is 38.0. The van der Waals surface area contributed by atoms with Gasteiger partial charge in [0.15, 0.2) is 0 Å². The number of halogens is 4. The molecule has 0 aliphatic heterocycles. The van der Waals surface area contributed by atoms with Gasteiger partial charge >= 0.3 is 6.18 Å². The molecule has 2 aromatic rings. The first-order chi connectivity index (χ1) is 9.40. The van der Waals surface area contributed by atoms with Gasteiger partial charge in [0.05, 0.1) is 20.2 Å². The van der Waals surface area contributed by atoms with Gasteiger partial charge in [-0.05, 0) is 24.3 Å². The summed E-state index contributed by atoms with van der Waals surface area (Å²) in [6, 6.07) is 6.00. The summed E-state index contributed by atoms with van der Waals surface area (Å²) in [4.78, 5) is 4.80. The highest BCUT2D eigenvalue weighted by Crippen LogP contribution is 2.38. The molecule has 0 bridgehead atoms. The van der Waals surface area contributed by atoms with Gasteiger partial charge in [0.1, 0.15) is 0 Å². The Morgan fingerprint density at radius 3 is 2.50 bits per heavy atom. The number of hydrogen-bond acceptors (Lipinski definition) is 4. The van der Waals surface area contributed by atoms with Crippen LogP contribution in [0.3, 0.4) is 0 Å². The number of alkyl halides is 3. The molecule has 2 heterocycles. The minimum Gasteiger partial charge on any atom is -0.329 e. The Balaban J connectivity index is 2.12. The van der Waals surface area contributed by atoms with E-state index in [0.29, 0.717) is 15.9 Å². The first kappa shape index (κ1) is 15.6. The van der Waals surface area contributed by atoms with Gasteiger partial charge in [0.2, 0.25) is 0 Å². The van der Waals surface area contributed by atoms with Gasteiger partial charge < -0.3 is 5.73 Å². The maximum Gasteiger partial charge on any atom is 0.417 e. The van der Waals surface area contributed by atoms with Crippen molar-refractivity contribution in [3.05, 3.63) is 45.2 Å². The van der Waals surface area contributed by atoms with Gasteiger partial charge in [-0.15, -0.1) is 11.3 Å². The summed E-state index contributed by atoms with van der Waals surface area (Å²) in [6.45, 7) is 0.351. The number of nitrogens with two attached hydrogens (primary N) is 1. The molecule has 108 valence electrons. The van der Waals surface area contributed by atoms with Crippen molar-refractivity contribution >= 4 is 34.7 Å². The number of thioether (sulfide) groups is 1. The van der Waals surface area contributed by atoms with E-state index in [1.54, 1.807) is 6.07 Å². The molecule has 0 fully saturated rings. The van der Waals surface area contributed by atoms with E-state index in [-0.39, 0.29) is 5.25 Å². The van der Waals surface area contributed by atoms with Crippen molar-refractivity contribution in [1.29, 1.82) is 0 Å². The minimum absolute atomic E-state index is 0.0725. The van der Waals surface area contributed by atoms with Crippen LogP contribution in [-0.2, 0) is 6.18 Å². The van der Waals surface area contributed by atoms with Crippen LogP contribution in [0.15, 0.2) is 35.5 Å². The van der Waals surface area contributed by atoms with E-state index in [9.17, 15) is 13.2 Å². The lowest BCUT2D eigenvalue weighted by Crippen LogP contribution is -2.09. The predicted molar refractivity (Wildman–Crippen MR) is 76.2 cm³/mol. The number of aromatic nitrogens is 1. The van der Waals surface area contributed by atoms with E-state index in [1.165, 1.54) is 29.2 Å². The smallest absolute Gasteiger partial charge is 0.329 e. The number of pyridine rings is 1. The van der Waals surface area contributed by atoms with Crippen LogP contribution in [0.5, 0.6) is 0 Å². The molecule has 0 saturated heterocycles. The molecule has 0 radical (unpaired) electrons. The van der Waals surface area contributed by atoms with Crippen LogP contribution >= 0.6 is 34.7 Å². The van der Waals surface area contributed by atoms with Gasteiger partial charge in [-0.1, -0.05) is 23.4 Å². The zero-order chi connectivity index (χ0) is 14.8. The Morgan fingerprint density at radius 1 is 1.30 bits per heavy atom. The van der Waals surface area contributed by atoms with Crippen molar-refractivity contribution in [3.8, 4) is 0 Å². The second kappa shape index (κ2) is 6.34. The normalized spacial score (nSPS) is 13.4. The van der Waals surface area contributed by atoms with Gasteiger partial charge in [0, 0.05) is 17.6 Å². The summed E-state index contributed by atoms with van der Waals surface area (Å²) in [5.41, 5.74) is 4.94. The fourth-order valence-electron chi connectivity index (χ4n) is 1.49. The summed E-state index contributed by atoms with van der Waals surface area (Å²) >= 11 is 8.59. The third kappa shape index (κ3) is 3.88. The van der Waals surface area contributed by atoms with Crippen LogP contribution in [0.1, 0.15) is 15.7 Å². The Kier molecular flexibility index (Phi) is 4.95. The molecule has 1 atom stereocenters. The Bertz CT molecular complexity index is 569. The molecule has 2 N–H and O–H groups in total. The molecule has 0 aliphatic rings. The molecule has 8 heteroatoms. The maximum atomic E-state index is 12.4. The molecule has 0 amide bonds. The zero-order valence-electron chi connectivity index (χ0n) is 10.0. The van der Waals surface area contributed by atoms with Crippen LogP contribution in [0.25, 0.3) is 0 Å². The van der Waals surface area contributed by atoms with E-state index in [2.05, 4.69) is 4.98 Å². The monoisotopic (exact) mass is 338 g/mol. The SMILES string of the molecule is NCC(Sc1ccc(C(F)(F)F)cn1)c1ccc(Cl)s1. The minimum atomic E-state index is -4.37. The second-order valence-corrected chi connectivity index (χ2v) is 6.84. The van der Waals surface area contributed by atoms with Gasteiger partial charge in [-0.25, -0.2) is 4.98 Å². The fraction of sp³-hybridized carbons (Fsp3) is 0.250. The van der Waals surface area contributed by atoms with E-state index in [1.807, 2.05) is 6.07 Å². The molecule has 2 aromatic heterocycles. The molecule has 0 saturated carbocycles. The third-order valence-corrected chi connectivity index (χ3v) is 5.16. The van der Waals surface area contributed by atoms with Gasteiger partial charge in [0.25, 0.3) is 0 Å². The zero-order valence-corrected chi connectivity index (χ0v) is 12.4. The predicted octanol–water partition coefficient (Wildman–Crippen LogP) is 4.61. The quantitative estimate of drug-likeness (QED) is 0.827. The summed E-state index contributed by atoms with van der Waals surface area (Å²) in [5.74, 6) is 0. The third-order valence-electron chi connectivity index (χ3n) is 2.45. The van der Waals surface area contributed by atoms with Crippen molar-refractivity contribution < 1.29 is 13.2 Å². The van der Waals surface area contributed by atoms with Crippen LogP contribution in [0.2, 0.25) is 4.34 Å². The lowest BCUT2D eigenvalue weighted by molar-refractivity contribution is -0.137. The summed E-state index contributed by atoms with van der Waals surface area (Å²) in [7, 11) is 0. The number of hydrogen-bond donors (Lipinski definition) is 1. The molecule has 2 nitrogen and oxygen atoms in total. The van der Waals surface area contributed by atoms with Crippen molar-refractivity contribution in [1.82, 2.24) is 4.98 Å². The number of thiophene rings is 1. The van der Waals surface area contributed by atoms with Gasteiger partial charge in [-0.2, -0.15) is 13.2 Å². The molecular weight excluding hydrogens is 329 g/mol. The van der Waals surface area contributed by atoms with Crippen molar-refractivity contribution in [2.45, 2.75) is 16.5 Å². The second-order valence-electron chi connectivity index (χ2n) is 3.87. The molecule has 2 rings (SSSR count). The van der Waals surface area contributed by atoms with E-state index >= 15 is 0 Å². The van der Waals surface area contributed by atoms with E-state index in [4.69, 9.17) is 17.3 Å². The average molecular weight is 339 g/mol. The number of nitrogens with zero attached hydrogens (tertiary/aromatic N) is 1. The Hall–Kier alpha value is -0.760. The molecule has 0 spiro atoms. The fourth-order valence-corrected chi connectivity index (χ4v) is 3.67. The highest BCUT2D eigenvalue weighted by atomic mass is 35.5. The standard InChI is InChI=1S/C12H10ClF3N2S2/c13-10-3-2-8(19-10)9(5-17)20-11-4-1-7(6-18-11)12(14,15)16/h1-4,6,9H,5,17H2. The van der Waals surface area contributed by atoms with Crippen molar-refractivity contribution in [3.63, 3.8) is 0 Å². The van der Waals surface area contributed by atoms with Crippen LogP contribution in [-0.4, -0.2) is 11.5 Å². The number of rotatable bonds is 4. The highest BCUT2D eigenvalue weighted by Gasteiger charge is 2.30. The lowest BCUT2D eigenvalue weighted by Gasteiger charge is -2.12. The highest BCUT2D eigenvalue weighted by molar-refractivity contribution is 7.99. The molecule has 20 heavy (non-hydrogen) atoms. The topological polar surface area (TPSA) is 38.9 Å². The first-order valence-electron chi connectivity index (χ1n) is 5.55. The summed E-state index contributed by atoms with van der Waals surface area (Å²) in [6.07, 6.45) is -3.54. The van der Waals surface area contributed by atoms with Crippen LogP contribution in [0, 0.1) is 0 Å². The van der Waals surface area contributed by atoms with E-state index < -0.39 is 11.7 Å². The van der Waals surface area contributed by atoms with Crippen molar-refractivity contribution in [2.24, 2.45) is 5.73 Å². The lowest BCUT2D eigenvalue weighted by atomic mass is 10.3. The summed E-state index contributed by atoms with van der Waals surface area (Å²) in [5, 5.41) is 0.426. The molecular formula is C12H10ClF3N2S2. The molecule has 0 aliphatic carbocycles. The molecule has 1 unspecified atom stereocenters. The molecule has 0 aromatic carbocycles. The van der Waals surface area contributed by atoms with Crippen LogP contribution in [0.4, 0.5) is 13.2 Å². The van der Waals surface area contributed by atoms with Crippen LogP contribution < -0.4 is 5.73 Å². The maximum absolute atomic E-state index is 12.4. The largest absolute Gasteiger partial charge is 0.417 e. The average Bonchev–Trinajstić information content (AvgIpc) is 2.82. The Labute approximate surface area is 127 Å². The Morgan fingerprint density at radius 2 is 2.05 bits per heavy atom. The van der Waals surface area contributed by atoms with E-state index in [0.717, 1.165) is 17.1 Å². The van der Waals surface area contributed by atoms with Crippen molar-refractivity contribution in [2.75, 3.05) is 6.54 Å². The van der Waals surface area contributed by atoms with Gasteiger partial charge in [-0.3, -0.25) is 0 Å².